The Bertz CT molecular complexity index is 411. The molecule has 1 saturated heterocycles. The number of anilines is 1. The number of hydrogen-bond acceptors (Lipinski definition) is 2. The molecule has 1 aromatic rings. The van der Waals surface area contributed by atoms with Crippen molar-refractivity contribution < 1.29 is 9.59 Å². The topological polar surface area (TPSA) is 63.4 Å². The fourth-order valence-corrected chi connectivity index (χ4v) is 1.67. The molecule has 1 aliphatic heterocycles. The smallest absolute Gasteiger partial charge is 0.241 e. The van der Waals surface area contributed by atoms with Crippen molar-refractivity contribution in [2.75, 3.05) is 4.90 Å². The van der Waals surface area contributed by atoms with Gasteiger partial charge in [0.25, 0.3) is 0 Å². The summed E-state index contributed by atoms with van der Waals surface area (Å²) in [7, 11) is 0. The quantitative estimate of drug-likeness (QED) is 0.716. The van der Waals surface area contributed by atoms with Crippen LogP contribution in [0.25, 0.3) is 0 Å². The number of hydrogen-bond donors (Lipinski definition) is 1. The van der Waals surface area contributed by atoms with E-state index in [9.17, 15) is 9.59 Å². The van der Waals surface area contributed by atoms with Crippen LogP contribution in [0.2, 0.25) is 0 Å². The Morgan fingerprint density at radius 3 is 2.47 bits per heavy atom. The molecule has 0 bridgehead atoms. The van der Waals surface area contributed by atoms with E-state index in [0.717, 1.165) is 11.3 Å². The number of nitrogens with zero attached hydrogens (tertiary/aromatic N) is 1. The molecular formula is C11H12N2O2. The maximum absolute atomic E-state index is 11.3. The Morgan fingerprint density at radius 2 is 2.00 bits per heavy atom. The minimum Gasteiger partial charge on any atom is -0.368 e. The van der Waals surface area contributed by atoms with Crippen LogP contribution in [0.5, 0.6) is 0 Å². The molecule has 2 N–H and O–H groups in total. The second-order valence-corrected chi connectivity index (χ2v) is 3.72. The summed E-state index contributed by atoms with van der Waals surface area (Å²) in [4.78, 5) is 23.8. The lowest BCUT2D eigenvalue weighted by Gasteiger charge is -2.38. The minimum absolute atomic E-state index is 0.0531. The van der Waals surface area contributed by atoms with Gasteiger partial charge < -0.3 is 5.73 Å². The predicted molar refractivity (Wildman–Crippen MR) is 56.3 cm³/mol. The normalized spacial score (nSPS) is 19.9. The molecule has 4 heteroatoms. The number of carbonyl (C=O) groups excluding carboxylic acids is 2. The van der Waals surface area contributed by atoms with Crippen LogP contribution in [-0.4, -0.2) is 17.9 Å². The number of benzene rings is 1. The Kier molecular flexibility index (Phi) is 2.19. The van der Waals surface area contributed by atoms with Crippen molar-refractivity contribution in [1.29, 1.82) is 0 Å². The van der Waals surface area contributed by atoms with E-state index in [2.05, 4.69) is 0 Å². The molecular weight excluding hydrogens is 192 g/mol. The summed E-state index contributed by atoms with van der Waals surface area (Å²) in [5.74, 6) is -0.502. The predicted octanol–water partition coefficient (Wildman–Crippen LogP) is 0.586. The molecule has 1 fully saturated rings. The van der Waals surface area contributed by atoms with Crippen LogP contribution >= 0.6 is 0 Å². The van der Waals surface area contributed by atoms with E-state index in [1.807, 2.05) is 31.2 Å². The van der Waals surface area contributed by atoms with E-state index in [1.165, 1.54) is 4.90 Å². The molecule has 0 unspecified atom stereocenters. The highest BCUT2D eigenvalue weighted by Crippen LogP contribution is 2.27. The van der Waals surface area contributed by atoms with Crippen molar-refractivity contribution in [2.24, 2.45) is 5.73 Å². The van der Waals surface area contributed by atoms with E-state index in [-0.39, 0.29) is 12.3 Å². The van der Waals surface area contributed by atoms with Crippen molar-refractivity contribution in [3.8, 4) is 0 Å². The first kappa shape index (κ1) is 9.71. The van der Waals surface area contributed by atoms with E-state index in [0.29, 0.717) is 0 Å². The van der Waals surface area contributed by atoms with Gasteiger partial charge in [-0.25, -0.2) is 0 Å². The monoisotopic (exact) mass is 204 g/mol. The number of primary amides is 1. The highest BCUT2D eigenvalue weighted by atomic mass is 16.2. The third-order valence-electron chi connectivity index (χ3n) is 2.59. The van der Waals surface area contributed by atoms with Gasteiger partial charge in [-0.1, -0.05) is 17.7 Å². The van der Waals surface area contributed by atoms with Crippen LogP contribution in [0.4, 0.5) is 5.69 Å². The van der Waals surface area contributed by atoms with Gasteiger partial charge in [-0.15, -0.1) is 0 Å². The van der Waals surface area contributed by atoms with Gasteiger partial charge in [-0.2, -0.15) is 0 Å². The van der Waals surface area contributed by atoms with E-state index >= 15 is 0 Å². The number of amides is 2. The lowest BCUT2D eigenvalue weighted by Crippen LogP contribution is -2.59. The summed E-state index contributed by atoms with van der Waals surface area (Å²) in [5, 5.41) is 0. The zero-order valence-electron chi connectivity index (χ0n) is 8.43. The molecule has 2 amide bonds. The third-order valence-corrected chi connectivity index (χ3v) is 2.59. The van der Waals surface area contributed by atoms with Crippen molar-refractivity contribution in [3.63, 3.8) is 0 Å². The Hall–Kier alpha value is -1.84. The minimum atomic E-state index is -0.472. The van der Waals surface area contributed by atoms with Crippen LogP contribution < -0.4 is 10.6 Å². The number of carbonyl (C=O) groups is 2. The second-order valence-electron chi connectivity index (χ2n) is 3.72. The van der Waals surface area contributed by atoms with Gasteiger partial charge in [0, 0.05) is 5.69 Å². The zero-order chi connectivity index (χ0) is 11.0. The van der Waals surface area contributed by atoms with Gasteiger partial charge in [0.1, 0.15) is 6.04 Å². The summed E-state index contributed by atoms with van der Waals surface area (Å²) >= 11 is 0. The molecule has 1 aliphatic rings. The number of rotatable bonds is 2. The van der Waals surface area contributed by atoms with Crippen LogP contribution in [-0.2, 0) is 9.59 Å². The molecule has 0 aromatic heterocycles. The molecule has 4 nitrogen and oxygen atoms in total. The number of β-lactam (4-membered cyclic amide) rings is 1. The maximum atomic E-state index is 11.3. The lowest BCUT2D eigenvalue weighted by atomic mass is 10.00. The Morgan fingerprint density at radius 1 is 1.40 bits per heavy atom. The summed E-state index contributed by atoms with van der Waals surface area (Å²) in [6, 6.07) is 6.98. The largest absolute Gasteiger partial charge is 0.368 e. The second kappa shape index (κ2) is 3.38. The highest BCUT2D eigenvalue weighted by Gasteiger charge is 2.40. The molecule has 1 atom stereocenters. The van der Waals surface area contributed by atoms with Crippen LogP contribution in [0.1, 0.15) is 12.0 Å². The first-order valence-electron chi connectivity index (χ1n) is 4.77. The zero-order valence-corrected chi connectivity index (χ0v) is 8.43. The van der Waals surface area contributed by atoms with Crippen molar-refractivity contribution >= 4 is 17.5 Å². The number of aryl methyl sites for hydroxylation is 1. The molecule has 2 rings (SSSR count). The summed E-state index contributed by atoms with van der Waals surface area (Å²) < 4.78 is 0. The molecule has 0 radical (unpaired) electrons. The van der Waals surface area contributed by atoms with Crippen molar-refractivity contribution in [3.05, 3.63) is 29.8 Å². The molecule has 1 heterocycles. The van der Waals surface area contributed by atoms with E-state index in [1.54, 1.807) is 0 Å². The highest BCUT2D eigenvalue weighted by molar-refractivity contribution is 6.09. The van der Waals surface area contributed by atoms with E-state index in [4.69, 9.17) is 5.73 Å². The van der Waals surface area contributed by atoms with Gasteiger partial charge in [0.2, 0.25) is 11.8 Å². The molecule has 0 spiro atoms. The number of nitrogens with two attached hydrogens (primary N) is 1. The van der Waals surface area contributed by atoms with Crippen LogP contribution in [0.3, 0.4) is 0 Å². The lowest BCUT2D eigenvalue weighted by molar-refractivity contribution is -0.131. The Labute approximate surface area is 87.7 Å². The maximum Gasteiger partial charge on any atom is 0.241 e. The fraction of sp³-hybridized carbons (Fsp3) is 0.273. The SMILES string of the molecule is Cc1ccc(N2C(=O)C[C@H]2C(N)=O)cc1. The standard InChI is InChI=1S/C11H12N2O2/c1-7-2-4-8(5-3-7)13-9(11(12)15)6-10(13)14/h2-5,9H,6H2,1H3,(H2,12,15)/t9-/m0/s1. The van der Waals surface area contributed by atoms with Crippen molar-refractivity contribution in [1.82, 2.24) is 0 Å². The summed E-state index contributed by atoms with van der Waals surface area (Å²) in [6.07, 6.45) is 0.225. The molecule has 0 saturated carbocycles. The van der Waals surface area contributed by atoms with E-state index < -0.39 is 11.9 Å². The summed E-state index contributed by atoms with van der Waals surface area (Å²) in [5.41, 5.74) is 7.03. The van der Waals surface area contributed by atoms with Crippen molar-refractivity contribution in [2.45, 2.75) is 19.4 Å². The average molecular weight is 204 g/mol. The molecule has 78 valence electrons. The van der Waals surface area contributed by atoms with Gasteiger partial charge in [0.15, 0.2) is 0 Å². The summed E-state index contributed by atoms with van der Waals surface area (Å²) in [6.45, 7) is 1.97. The van der Waals surface area contributed by atoms with Gasteiger partial charge in [0.05, 0.1) is 6.42 Å². The molecule has 1 aromatic carbocycles. The first-order valence-corrected chi connectivity index (χ1v) is 4.77. The van der Waals surface area contributed by atoms with Gasteiger partial charge in [-0.05, 0) is 19.1 Å². The first-order chi connectivity index (χ1) is 7.09. The van der Waals surface area contributed by atoms with Gasteiger partial charge >= 0.3 is 0 Å². The Balaban J connectivity index is 2.26. The average Bonchev–Trinajstić information content (AvgIpc) is 2.17. The fourth-order valence-electron chi connectivity index (χ4n) is 1.67. The third kappa shape index (κ3) is 1.58. The van der Waals surface area contributed by atoms with Crippen LogP contribution in [0, 0.1) is 6.92 Å². The molecule has 15 heavy (non-hydrogen) atoms. The molecule has 0 aliphatic carbocycles. The van der Waals surface area contributed by atoms with Crippen LogP contribution in [0.15, 0.2) is 24.3 Å². The van der Waals surface area contributed by atoms with Gasteiger partial charge in [-0.3, -0.25) is 14.5 Å².